The van der Waals surface area contributed by atoms with E-state index in [9.17, 15) is 8.42 Å². The molecule has 2 aromatic carbocycles. The molecule has 0 atom stereocenters. The maximum atomic E-state index is 13.3. The van der Waals surface area contributed by atoms with E-state index in [0.29, 0.717) is 5.02 Å². The normalized spacial score (nSPS) is 15.4. The van der Waals surface area contributed by atoms with Crippen molar-refractivity contribution in [3.63, 3.8) is 0 Å². The highest BCUT2D eigenvalue weighted by Crippen LogP contribution is 2.34. The number of halogens is 1. The van der Waals surface area contributed by atoms with Gasteiger partial charge < -0.3 is 9.73 Å². The van der Waals surface area contributed by atoms with Gasteiger partial charge in [-0.2, -0.15) is 4.98 Å². The van der Waals surface area contributed by atoms with Crippen LogP contribution in [-0.2, 0) is 9.84 Å². The van der Waals surface area contributed by atoms with Crippen molar-refractivity contribution < 1.29 is 12.8 Å². The van der Waals surface area contributed by atoms with Gasteiger partial charge in [-0.1, -0.05) is 48.6 Å². The average Bonchev–Trinajstić information content (AvgIpc) is 3.14. The van der Waals surface area contributed by atoms with E-state index < -0.39 is 9.84 Å². The highest BCUT2D eigenvalue weighted by Gasteiger charge is 2.30. The number of hydrogen-bond donors (Lipinski definition) is 1. The standard InChI is InChI=1S/C22H23ClN2O3S/c1-15-7-9-16(10-8-15)20-25-22(21(28-20)24-18-5-3-2-4-6-18)29(26,27)19-13-11-17(23)12-14-19/h7-14,18,24H,2-6H2,1H3. The second kappa shape index (κ2) is 8.20. The molecule has 3 aromatic rings. The number of aryl methyl sites for hydroxylation is 1. The summed E-state index contributed by atoms with van der Waals surface area (Å²) in [7, 11) is -3.86. The molecule has 0 aliphatic heterocycles. The van der Waals surface area contributed by atoms with Gasteiger partial charge in [-0.05, 0) is 56.2 Å². The summed E-state index contributed by atoms with van der Waals surface area (Å²) >= 11 is 5.92. The highest BCUT2D eigenvalue weighted by molar-refractivity contribution is 7.91. The molecule has 1 saturated carbocycles. The van der Waals surface area contributed by atoms with Gasteiger partial charge in [0.2, 0.25) is 26.6 Å². The minimum Gasteiger partial charge on any atom is -0.419 e. The van der Waals surface area contributed by atoms with E-state index in [2.05, 4.69) is 10.3 Å². The molecule has 5 nitrogen and oxygen atoms in total. The van der Waals surface area contributed by atoms with Gasteiger partial charge in [-0.3, -0.25) is 0 Å². The van der Waals surface area contributed by atoms with Crippen LogP contribution < -0.4 is 5.32 Å². The Morgan fingerprint density at radius 1 is 1.00 bits per heavy atom. The van der Waals surface area contributed by atoms with Crippen LogP contribution in [0.5, 0.6) is 0 Å². The first-order chi connectivity index (χ1) is 13.9. The molecule has 0 spiro atoms. The minimum atomic E-state index is -3.86. The van der Waals surface area contributed by atoms with Crippen LogP contribution in [0.25, 0.3) is 11.5 Å². The summed E-state index contributed by atoms with van der Waals surface area (Å²) in [6.45, 7) is 1.99. The van der Waals surface area contributed by atoms with Gasteiger partial charge in [0.1, 0.15) is 0 Å². The van der Waals surface area contributed by atoms with Crippen LogP contribution in [0.2, 0.25) is 5.02 Å². The van der Waals surface area contributed by atoms with Crippen molar-refractivity contribution in [2.75, 3.05) is 5.32 Å². The lowest BCUT2D eigenvalue weighted by molar-refractivity contribution is 0.450. The van der Waals surface area contributed by atoms with Crippen molar-refractivity contribution in [2.24, 2.45) is 0 Å². The summed E-state index contributed by atoms with van der Waals surface area (Å²) in [6.07, 6.45) is 5.42. The molecule has 1 aliphatic carbocycles. The fourth-order valence-corrected chi connectivity index (χ4v) is 4.95. The van der Waals surface area contributed by atoms with Crippen molar-refractivity contribution in [2.45, 2.75) is 55.0 Å². The SMILES string of the molecule is Cc1ccc(-c2nc(S(=O)(=O)c3ccc(Cl)cc3)c(NC3CCCCC3)o2)cc1. The molecule has 0 amide bonds. The molecule has 7 heteroatoms. The van der Waals surface area contributed by atoms with Crippen LogP contribution >= 0.6 is 11.6 Å². The number of benzene rings is 2. The molecule has 1 heterocycles. The summed E-state index contributed by atoms with van der Waals surface area (Å²) < 4.78 is 32.5. The van der Waals surface area contributed by atoms with Crippen LogP contribution in [0.15, 0.2) is 62.9 Å². The largest absolute Gasteiger partial charge is 0.419 e. The fourth-order valence-electron chi connectivity index (χ4n) is 3.56. The smallest absolute Gasteiger partial charge is 0.234 e. The zero-order chi connectivity index (χ0) is 20.4. The Hall–Kier alpha value is -2.31. The third-order valence-electron chi connectivity index (χ3n) is 5.21. The lowest BCUT2D eigenvalue weighted by Gasteiger charge is -2.22. The third kappa shape index (κ3) is 4.33. The Kier molecular flexibility index (Phi) is 5.65. The average molecular weight is 431 g/mol. The molecular weight excluding hydrogens is 408 g/mol. The molecule has 0 radical (unpaired) electrons. The van der Waals surface area contributed by atoms with Crippen molar-refractivity contribution in [1.29, 1.82) is 0 Å². The number of rotatable bonds is 5. The highest BCUT2D eigenvalue weighted by atomic mass is 35.5. The number of hydrogen-bond acceptors (Lipinski definition) is 5. The predicted octanol–water partition coefficient (Wildman–Crippen LogP) is 5.88. The number of oxazole rings is 1. The summed E-state index contributed by atoms with van der Waals surface area (Å²) in [4.78, 5) is 4.53. The lowest BCUT2D eigenvalue weighted by Crippen LogP contribution is -2.23. The molecule has 1 N–H and O–H groups in total. The van der Waals surface area contributed by atoms with Crippen LogP contribution in [0, 0.1) is 6.92 Å². The zero-order valence-corrected chi connectivity index (χ0v) is 17.8. The Balaban J connectivity index is 1.77. The number of aromatic nitrogens is 1. The van der Waals surface area contributed by atoms with Crippen molar-refractivity contribution in [1.82, 2.24) is 4.98 Å². The predicted molar refractivity (Wildman–Crippen MR) is 114 cm³/mol. The van der Waals surface area contributed by atoms with Crippen molar-refractivity contribution >= 4 is 27.3 Å². The van der Waals surface area contributed by atoms with E-state index in [1.807, 2.05) is 31.2 Å². The molecule has 0 unspecified atom stereocenters. The summed E-state index contributed by atoms with van der Waals surface area (Å²) in [5.41, 5.74) is 1.84. The van der Waals surface area contributed by atoms with Crippen molar-refractivity contribution in [3.05, 3.63) is 59.1 Å². The molecule has 152 valence electrons. The second-order valence-corrected chi connectivity index (χ2v) is 9.76. The van der Waals surface area contributed by atoms with E-state index in [0.717, 1.165) is 36.8 Å². The number of sulfone groups is 1. The number of nitrogens with one attached hydrogen (secondary N) is 1. The second-order valence-electron chi connectivity index (χ2n) is 7.46. The topological polar surface area (TPSA) is 72.2 Å². The van der Waals surface area contributed by atoms with Gasteiger partial charge >= 0.3 is 0 Å². The van der Waals surface area contributed by atoms with E-state index in [1.54, 1.807) is 12.1 Å². The Labute approximate surface area is 176 Å². The van der Waals surface area contributed by atoms with Crippen molar-refractivity contribution in [3.8, 4) is 11.5 Å². The molecule has 29 heavy (non-hydrogen) atoms. The molecular formula is C22H23ClN2O3S. The van der Waals surface area contributed by atoms with Gasteiger partial charge in [0.15, 0.2) is 0 Å². The first-order valence-electron chi connectivity index (χ1n) is 9.78. The molecule has 1 fully saturated rings. The van der Waals surface area contributed by atoms with E-state index in [-0.39, 0.29) is 27.7 Å². The van der Waals surface area contributed by atoms with Crippen LogP contribution in [0.3, 0.4) is 0 Å². The number of anilines is 1. The molecule has 0 saturated heterocycles. The summed E-state index contributed by atoms with van der Waals surface area (Å²) in [5.74, 6) is 0.498. The van der Waals surface area contributed by atoms with Crippen LogP contribution in [0.4, 0.5) is 5.88 Å². The van der Waals surface area contributed by atoms with Gasteiger partial charge in [0, 0.05) is 16.6 Å². The van der Waals surface area contributed by atoms with Gasteiger partial charge in [0.05, 0.1) is 4.90 Å². The fraction of sp³-hybridized carbons (Fsp3) is 0.318. The zero-order valence-electron chi connectivity index (χ0n) is 16.2. The molecule has 1 aromatic heterocycles. The Bertz CT molecular complexity index is 1080. The van der Waals surface area contributed by atoms with Gasteiger partial charge in [-0.15, -0.1) is 0 Å². The first-order valence-corrected chi connectivity index (χ1v) is 11.6. The molecule has 1 aliphatic rings. The third-order valence-corrected chi connectivity index (χ3v) is 7.14. The Morgan fingerprint density at radius 2 is 1.66 bits per heavy atom. The quantitative estimate of drug-likeness (QED) is 0.547. The van der Waals surface area contributed by atoms with E-state index in [1.165, 1.54) is 18.6 Å². The minimum absolute atomic E-state index is 0.0824. The Morgan fingerprint density at radius 3 is 2.31 bits per heavy atom. The van der Waals surface area contributed by atoms with Crippen LogP contribution in [-0.4, -0.2) is 19.4 Å². The van der Waals surface area contributed by atoms with E-state index >= 15 is 0 Å². The first kappa shape index (κ1) is 20.0. The number of nitrogens with zero attached hydrogens (tertiary/aromatic N) is 1. The summed E-state index contributed by atoms with van der Waals surface area (Å²) in [5, 5.41) is 3.70. The monoisotopic (exact) mass is 430 g/mol. The molecule has 0 bridgehead atoms. The van der Waals surface area contributed by atoms with E-state index in [4.69, 9.17) is 16.0 Å². The maximum Gasteiger partial charge on any atom is 0.234 e. The van der Waals surface area contributed by atoms with Gasteiger partial charge in [-0.25, -0.2) is 8.42 Å². The molecule has 4 rings (SSSR count). The lowest BCUT2D eigenvalue weighted by atomic mass is 9.96. The maximum absolute atomic E-state index is 13.3. The van der Waals surface area contributed by atoms with Gasteiger partial charge in [0.25, 0.3) is 0 Å². The van der Waals surface area contributed by atoms with Crippen LogP contribution in [0.1, 0.15) is 37.7 Å². The summed E-state index contributed by atoms with van der Waals surface area (Å²) in [6, 6.07) is 13.9.